The van der Waals surface area contributed by atoms with Gasteiger partial charge in [-0.25, -0.2) is 4.79 Å². The Morgan fingerprint density at radius 1 is 1.27 bits per heavy atom. The molecule has 3 amide bonds. The van der Waals surface area contributed by atoms with Crippen molar-refractivity contribution in [1.82, 2.24) is 4.90 Å². The van der Waals surface area contributed by atoms with Crippen LogP contribution in [0.5, 0.6) is 0 Å². The van der Waals surface area contributed by atoms with Gasteiger partial charge in [-0.1, -0.05) is 18.2 Å². The largest absolute Gasteiger partial charge is 0.465 e. The molecule has 0 aromatic heterocycles. The summed E-state index contributed by atoms with van der Waals surface area (Å²) in [4.78, 5) is 45.8. The third-order valence-corrected chi connectivity index (χ3v) is 3.03. The van der Waals surface area contributed by atoms with Crippen LogP contribution in [0.25, 0.3) is 0 Å². The molecule has 1 aromatic rings. The fourth-order valence-electron chi connectivity index (χ4n) is 1.98. The minimum atomic E-state index is -1.26. The summed E-state index contributed by atoms with van der Waals surface area (Å²) in [5, 5.41) is 19.8. The molecule has 0 unspecified atom stereocenters. The topological polar surface area (TPSA) is 121 Å². The van der Waals surface area contributed by atoms with Gasteiger partial charge in [0.05, 0.1) is 11.0 Å². The quantitative estimate of drug-likeness (QED) is 0.485. The second kappa shape index (κ2) is 6.04. The number of nitro groups is 1. The van der Waals surface area contributed by atoms with E-state index in [0.29, 0.717) is 16.7 Å². The minimum absolute atomic E-state index is 0.185. The lowest BCUT2D eigenvalue weighted by Gasteiger charge is -2.22. The van der Waals surface area contributed by atoms with Gasteiger partial charge in [-0.15, -0.1) is 0 Å². The standard InChI is InChI=1S/C13H11N3O6/c17-11-8-10(16(21)22)12(18)15(11)7-6-14(13(19)20)9-4-2-1-3-5-9/h1-5,8H,6-7H2,(H,19,20). The van der Waals surface area contributed by atoms with Crippen LogP contribution in [0.1, 0.15) is 0 Å². The average Bonchev–Trinajstić information content (AvgIpc) is 2.76. The average molecular weight is 305 g/mol. The van der Waals surface area contributed by atoms with E-state index >= 15 is 0 Å². The van der Waals surface area contributed by atoms with Gasteiger partial charge >= 0.3 is 17.7 Å². The van der Waals surface area contributed by atoms with Gasteiger partial charge in [0.1, 0.15) is 0 Å². The first-order valence-corrected chi connectivity index (χ1v) is 6.19. The van der Waals surface area contributed by atoms with Crippen LogP contribution in [0, 0.1) is 10.1 Å². The van der Waals surface area contributed by atoms with Crippen molar-refractivity contribution in [2.75, 3.05) is 18.0 Å². The van der Waals surface area contributed by atoms with E-state index in [1.807, 2.05) is 0 Å². The molecular formula is C13H11N3O6. The third kappa shape index (κ3) is 2.92. The van der Waals surface area contributed by atoms with E-state index in [-0.39, 0.29) is 13.1 Å². The van der Waals surface area contributed by atoms with Crippen LogP contribution in [-0.2, 0) is 9.59 Å². The summed E-state index contributed by atoms with van der Waals surface area (Å²) in [6.45, 7) is -0.456. The molecule has 1 aliphatic rings. The highest BCUT2D eigenvalue weighted by molar-refractivity contribution is 6.14. The summed E-state index contributed by atoms with van der Waals surface area (Å²) in [5.74, 6) is -1.86. The molecule has 0 saturated carbocycles. The molecular weight excluding hydrogens is 294 g/mol. The maximum absolute atomic E-state index is 11.7. The Morgan fingerprint density at radius 3 is 2.41 bits per heavy atom. The summed E-state index contributed by atoms with van der Waals surface area (Å²) in [5.41, 5.74) is -0.442. The first-order chi connectivity index (χ1) is 10.4. The van der Waals surface area contributed by atoms with Crippen LogP contribution in [0.3, 0.4) is 0 Å². The normalized spacial score (nSPS) is 14.0. The number of imide groups is 1. The first-order valence-electron chi connectivity index (χ1n) is 6.19. The van der Waals surface area contributed by atoms with Crippen molar-refractivity contribution in [3.63, 3.8) is 0 Å². The van der Waals surface area contributed by atoms with Gasteiger partial charge in [-0.3, -0.25) is 29.5 Å². The predicted octanol–water partition coefficient (Wildman–Crippen LogP) is 0.700. The lowest BCUT2D eigenvalue weighted by atomic mass is 10.3. The zero-order valence-electron chi connectivity index (χ0n) is 11.2. The van der Waals surface area contributed by atoms with Crippen LogP contribution in [0.15, 0.2) is 42.1 Å². The van der Waals surface area contributed by atoms with Gasteiger partial charge in [0.15, 0.2) is 0 Å². The Kier molecular flexibility index (Phi) is 4.16. The highest BCUT2D eigenvalue weighted by Gasteiger charge is 2.39. The molecule has 114 valence electrons. The second-order valence-electron chi connectivity index (χ2n) is 4.35. The molecule has 2 rings (SSSR count). The molecule has 0 spiro atoms. The van der Waals surface area contributed by atoms with Crippen LogP contribution in [0.4, 0.5) is 10.5 Å². The molecule has 9 nitrogen and oxygen atoms in total. The molecule has 0 atom stereocenters. The lowest BCUT2D eigenvalue weighted by Crippen LogP contribution is -2.41. The Bertz CT molecular complexity index is 670. The number of benzene rings is 1. The molecule has 1 N–H and O–H groups in total. The monoisotopic (exact) mass is 305 g/mol. The minimum Gasteiger partial charge on any atom is -0.465 e. The van der Waals surface area contributed by atoms with Crippen molar-refractivity contribution >= 4 is 23.6 Å². The molecule has 0 saturated heterocycles. The van der Waals surface area contributed by atoms with E-state index in [1.54, 1.807) is 30.3 Å². The SMILES string of the molecule is O=C1C=C([N+](=O)[O-])C(=O)N1CCN(C(=O)O)c1ccccc1. The van der Waals surface area contributed by atoms with Crippen molar-refractivity contribution in [3.05, 3.63) is 52.2 Å². The highest BCUT2D eigenvalue weighted by Crippen LogP contribution is 2.16. The smallest absolute Gasteiger partial charge is 0.411 e. The van der Waals surface area contributed by atoms with E-state index in [0.717, 1.165) is 4.90 Å². The fourth-order valence-corrected chi connectivity index (χ4v) is 1.98. The van der Waals surface area contributed by atoms with E-state index in [1.165, 1.54) is 0 Å². The lowest BCUT2D eigenvalue weighted by molar-refractivity contribution is -0.418. The molecule has 9 heteroatoms. The Balaban J connectivity index is 2.09. The molecule has 0 radical (unpaired) electrons. The number of nitrogens with zero attached hydrogens (tertiary/aromatic N) is 3. The second-order valence-corrected chi connectivity index (χ2v) is 4.35. The van der Waals surface area contributed by atoms with E-state index in [2.05, 4.69) is 0 Å². The molecule has 0 aliphatic carbocycles. The van der Waals surface area contributed by atoms with E-state index in [9.17, 15) is 29.6 Å². The first kappa shape index (κ1) is 15.2. The number of para-hydroxylation sites is 1. The summed E-state index contributed by atoms with van der Waals surface area (Å²) in [6, 6.07) is 8.11. The van der Waals surface area contributed by atoms with Gasteiger partial charge in [0, 0.05) is 18.8 Å². The Labute approximate surface area is 124 Å². The van der Waals surface area contributed by atoms with Gasteiger partial charge < -0.3 is 5.11 Å². The Morgan fingerprint density at radius 2 is 1.91 bits per heavy atom. The van der Waals surface area contributed by atoms with Gasteiger partial charge in [-0.2, -0.15) is 0 Å². The number of hydrogen-bond acceptors (Lipinski definition) is 5. The van der Waals surface area contributed by atoms with Crippen LogP contribution >= 0.6 is 0 Å². The number of anilines is 1. The maximum atomic E-state index is 11.7. The molecule has 0 fully saturated rings. The number of amides is 3. The molecule has 1 heterocycles. The fraction of sp³-hybridized carbons (Fsp3) is 0.154. The molecule has 0 bridgehead atoms. The van der Waals surface area contributed by atoms with Crippen molar-refractivity contribution in [3.8, 4) is 0 Å². The van der Waals surface area contributed by atoms with Gasteiger partial charge in [0.25, 0.3) is 5.91 Å². The molecule has 22 heavy (non-hydrogen) atoms. The van der Waals surface area contributed by atoms with Gasteiger partial charge in [0.2, 0.25) is 0 Å². The summed E-state index contributed by atoms with van der Waals surface area (Å²) in [7, 11) is 0. The number of carbonyl (C=O) groups is 3. The zero-order chi connectivity index (χ0) is 16.3. The van der Waals surface area contributed by atoms with E-state index in [4.69, 9.17) is 0 Å². The third-order valence-electron chi connectivity index (χ3n) is 3.03. The van der Waals surface area contributed by atoms with Crippen molar-refractivity contribution in [2.45, 2.75) is 0 Å². The number of rotatable bonds is 5. The summed E-state index contributed by atoms with van der Waals surface area (Å²) in [6.07, 6.45) is -0.622. The van der Waals surface area contributed by atoms with Crippen molar-refractivity contribution in [2.24, 2.45) is 0 Å². The summed E-state index contributed by atoms with van der Waals surface area (Å²) < 4.78 is 0. The number of hydrogen-bond donors (Lipinski definition) is 1. The van der Waals surface area contributed by atoms with E-state index < -0.39 is 28.5 Å². The van der Waals surface area contributed by atoms with Gasteiger partial charge in [-0.05, 0) is 12.1 Å². The number of carbonyl (C=O) groups excluding carboxylic acids is 2. The predicted molar refractivity (Wildman–Crippen MR) is 73.6 cm³/mol. The summed E-state index contributed by atoms with van der Waals surface area (Å²) >= 11 is 0. The molecule has 1 aliphatic heterocycles. The Hall–Kier alpha value is -3.23. The molecule has 1 aromatic carbocycles. The maximum Gasteiger partial charge on any atom is 0.411 e. The number of carboxylic acid groups (broad SMARTS) is 1. The van der Waals surface area contributed by atoms with Crippen molar-refractivity contribution in [1.29, 1.82) is 0 Å². The van der Waals surface area contributed by atoms with Crippen molar-refractivity contribution < 1.29 is 24.4 Å². The van der Waals surface area contributed by atoms with Crippen LogP contribution in [-0.4, -0.2) is 45.9 Å². The van der Waals surface area contributed by atoms with Crippen LogP contribution < -0.4 is 4.90 Å². The van der Waals surface area contributed by atoms with Crippen LogP contribution in [0.2, 0.25) is 0 Å². The zero-order valence-corrected chi connectivity index (χ0v) is 11.2. The highest BCUT2D eigenvalue weighted by atomic mass is 16.6.